The average molecular weight is 353 g/mol. The predicted octanol–water partition coefficient (Wildman–Crippen LogP) is -10.7. The van der Waals surface area contributed by atoms with Crippen molar-refractivity contribution < 1.29 is 93.8 Å². The molecule has 84 valence electrons. The quantitative estimate of drug-likeness (QED) is 0.378. The van der Waals surface area contributed by atoms with Gasteiger partial charge in [-0.05, 0) is 0 Å². The summed E-state index contributed by atoms with van der Waals surface area (Å²) in [5, 5.41) is 0. The minimum atomic E-state index is -2.85. The maximum Gasteiger partial charge on any atom is 3.00 e. The van der Waals surface area contributed by atoms with Gasteiger partial charge in [0.25, 0.3) is 0 Å². The van der Waals surface area contributed by atoms with Crippen LogP contribution in [-0.2, 0) is 19.5 Å². The smallest absolute Gasteiger partial charge is 0.357 e. The summed E-state index contributed by atoms with van der Waals surface area (Å²) in [7, 11) is -8.56. The van der Waals surface area contributed by atoms with Gasteiger partial charge >= 0.3 is 19.5 Å². The average Bonchev–Trinajstić information content (AvgIpc) is 1.54. The third-order valence-electron chi connectivity index (χ3n) is 0. The molecule has 0 N–H and O–H groups in total. The zero-order valence-corrected chi connectivity index (χ0v) is 9.05. The van der Waals surface area contributed by atoms with Crippen molar-refractivity contribution in [1.29, 1.82) is 0 Å². The fourth-order valence-electron chi connectivity index (χ4n) is 0. The van der Waals surface area contributed by atoms with Gasteiger partial charge in [0.15, 0.2) is 0 Å². The van der Waals surface area contributed by atoms with Crippen LogP contribution in [0.2, 0.25) is 0 Å². The molecular formula is Cl3O9Rh. The number of halogens is 3. The van der Waals surface area contributed by atoms with Crippen LogP contribution in [0.15, 0.2) is 0 Å². The SMILES string of the molecule is [O-][Cl+2]([O-])[O-].[O-][Cl+2]([O-])[O-].[O-][Cl+2]([O-])[O-].[Rh+3]. The second kappa shape index (κ2) is 18.8. The van der Waals surface area contributed by atoms with Crippen LogP contribution in [0.3, 0.4) is 0 Å². The summed E-state index contributed by atoms with van der Waals surface area (Å²) < 4.78 is 75.7. The van der Waals surface area contributed by atoms with Crippen LogP contribution in [0.4, 0.5) is 0 Å². The predicted molar refractivity (Wildman–Crippen MR) is 0 cm³/mol. The minimum Gasteiger partial charge on any atom is -0.357 e. The monoisotopic (exact) mass is 352 g/mol. The second-order valence-electron chi connectivity index (χ2n) is 0.567. The molecule has 0 aromatic rings. The molecule has 9 nitrogen and oxygen atoms in total. The molecule has 0 aliphatic carbocycles. The van der Waals surface area contributed by atoms with E-state index >= 15 is 0 Å². The van der Waals surface area contributed by atoms with E-state index in [2.05, 4.69) is 0 Å². The normalized spacial score (nSPS) is 8.31. The zero-order valence-electron chi connectivity index (χ0n) is 5.14. The molecule has 0 heterocycles. The Kier molecular flexibility index (Phi) is 34.4. The van der Waals surface area contributed by atoms with E-state index in [9.17, 15) is 0 Å². The molecule has 0 radical (unpaired) electrons. The van der Waals surface area contributed by atoms with E-state index in [1.807, 2.05) is 0 Å². The summed E-state index contributed by atoms with van der Waals surface area (Å²) in [6.45, 7) is 0. The molecule has 0 rings (SSSR count). The van der Waals surface area contributed by atoms with E-state index < -0.39 is 32.4 Å². The molecule has 0 spiro atoms. The van der Waals surface area contributed by atoms with Crippen LogP contribution >= 0.6 is 0 Å². The zero-order chi connectivity index (χ0) is 10.7. The van der Waals surface area contributed by atoms with Crippen LogP contribution < -0.4 is 41.9 Å². The van der Waals surface area contributed by atoms with Gasteiger partial charge in [-0.3, -0.25) is 0 Å². The van der Waals surface area contributed by atoms with E-state index in [0.29, 0.717) is 0 Å². The summed E-state index contributed by atoms with van der Waals surface area (Å²) in [6.07, 6.45) is 0. The van der Waals surface area contributed by atoms with Gasteiger partial charge in [-0.15, -0.1) is 0 Å². The molecule has 0 fully saturated rings. The van der Waals surface area contributed by atoms with Gasteiger partial charge in [0, 0.05) is 0 Å². The first-order valence-electron chi connectivity index (χ1n) is 1.39. The van der Waals surface area contributed by atoms with E-state index in [1.54, 1.807) is 0 Å². The van der Waals surface area contributed by atoms with Crippen LogP contribution in [0, 0.1) is 32.4 Å². The fourth-order valence-corrected chi connectivity index (χ4v) is 0. The Balaban J connectivity index is -0.0000000450. The maximum absolute atomic E-state index is 8.41. The van der Waals surface area contributed by atoms with Gasteiger partial charge in [-0.1, -0.05) is 0 Å². The van der Waals surface area contributed by atoms with Crippen molar-refractivity contribution in [2.75, 3.05) is 0 Å². The van der Waals surface area contributed by atoms with Crippen molar-refractivity contribution in [3.8, 4) is 0 Å². The van der Waals surface area contributed by atoms with Crippen LogP contribution in [-0.4, -0.2) is 0 Å². The van der Waals surface area contributed by atoms with Gasteiger partial charge < -0.3 is 41.9 Å². The molecule has 0 atom stereocenters. The summed E-state index contributed by atoms with van der Waals surface area (Å²) >= 11 is 0. The third-order valence-corrected chi connectivity index (χ3v) is 0. The van der Waals surface area contributed by atoms with Crippen LogP contribution in [0.25, 0.3) is 0 Å². The summed E-state index contributed by atoms with van der Waals surface area (Å²) in [5.74, 6) is 0. The van der Waals surface area contributed by atoms with Gasteiger partial charge in [0.1, 0.15) is 0 Å². The van der Waals surface area contributed by atoms with E-state index in [-0.39, 0.29) is 19.5 Å². The molecule has 0 aliphatic heterocycles. The van der Waals surface area contributed by atoms with Crippen molar-refractivity contribution in [3.05, 3.63) is 0 Å². The largest absolute Gasteiger partial charge is 3.00 e. The molecule has 0 aliphatic rings. The fraction of sp³-hybridized carbons (Fsp3) is 0. The first-order chi connectivity index (χ1) is 5.20. The number of hydrogen-bond acceptors (Lipinski definition) is 9. The molecule has 0 unspecified atom stereocenters. The van der Waals surface area contributed by atoms with Crippen molar-refractivity contribution >= 4 is 0 Å². The second-order valence-corrected chi connectivity index (χ2v) is 1.70. The Morgan fingerprint density at radius 1 is 0.385 bits per heavy atom. The Bertz CT molecular complexity index is 43.4. The standard InChI is InChI=1S/3ClO3.Rh/c3*2-1(3)4;/q3*-1;+3. The number of rotatable bonds is 0. The molecule has 13 heteroatoms. The Morgan fingerprint density at radius 2 is 0.385 bits per heavy atom. The summed E-state index contributed by atoms with van der Waals surface area (Å²) in [4.78, 5) is 0. The van der Waals surface area contributed by atoms with Gasteiger partial charge in [0.2, 0.25) is 0 Å². The molecule has 0 saturated carbocycles. The Labute approximate surface area is 93.8 Å². The van der Waals surface area contributed by atoms with Gasteiger partial charge in [0.05, 0.1) is 32.4 Å². The van der Waals surface area contributed by atoms with E-state index in [0.717, 1.165) is 0 Å². The first kappa shape index (κ1) is 23.7. The Hall–Kier alpha value is 1.13. The van der Waals surface area contributed by atoms with Crippen molar-refractivity contribution in [3.63, 3.8) is 0 Å². The molecule has 0 aromatic heterocycles. The van der Waals surface area contributed by atoms with Gasteiger partial charge in [-0.2, -0.15) is 0 Å². The van der Waals surface area contributed by atoms with Gasteiger partial charge in [-0.25, -0.2) is 0 Å². The molecule has 0 saturated heterocycles. The Morgan fingerprint density at radius 3 is 0.385 bits per heavy atom. The molecule has 0 amide bonds. The molecule has 0 bridgehead atoms. The van der Waals surface area contributed by atoms with Crippen LogP contribution in [0.1, 0.15) is 0 Å². The number of hydrogen-bond donors (Lipinski definition) is 0. The minimum absolute atomic E-state index is 0. The maximum atomic E-state index is 8.41. The van der Waals surface area contributed by atoms with Crippen molar-refractivity contribution in [1.82, 2.24) is 0 Å². The van der Waals surface area contributed by atoms with Crippen molar-refractivity contribution in [2.45, 2.75) is 0 Å². The summed E-state index contributed by atoms with van der Waals surface area (Å²) in [6, 6.07) is 0. The van der Waals surface area contributed by atoms with E-state index in [1.165, 1.54) is 0 Å². The topological polar surface area (TPSA) is 208 Å². The molecule has 0 aromatic carbocycles. The van der Waals surface area contributed by atoms with E-state index in [4.69, 9.17) is 41.9 Å². The third kappa shape index (κ3) is 1270. The van der Waals surface area contributed by atoms with Crippen LogP contribution in [0.5, 0.6) is 0 Å². The molecular weight excluding hydrogens is 353 g/mol. The first-order valence-corrected chi connectivity index (χ1v) is 4.17. The summed E-state index contributed by atoms with van der Waals surface area (Å²) in [5.41, 5.74) is 0. The van der Waals surface area contributed by atoms with Crippen molar-refractivity contribution in [2.24, 2.45) is 0 Å². The molecule has 13 heavy (non-hydrogen) atoms.